The van der Waals surface area contributed by atoms with E-state index in [4.69, 9.17) is 0 Å². The van der Waals surface area contributed by atoms with Gasteiger partial charge in [0.1, 0.15) is 6.54 Å². The minimum atomic E-state index is -3.68. The first-order valence-corrected chi connectivity index (χ1v) is 10.1. The van der Waals surface area contributed by atoms with E-state index in [1.165, 1.54) is 4.31 Å². The summed E-state index contributed by atoms with van der Waals surface area (Å²) in [4.78, 5) is 12.7. The molecule has 0 saturated carbocycles. The van der Waals surface area contributed by atoms with Crippen LogP contribution in [0.25, 0.3) is 10.8 Å². The maximum atomic E-state index is 12.8. The molecule has 1 unspecified atom stereocenters. The number of nitrogens with one attached hydrogen (secondary N) is 1. The van der Waals surface area contributed by atoms with E-state index in [1.807, 2.05) is 25.1 Å². The number of anilines is 1. The molecule has 0 aromatic heterocycles. The van der Waals surface area contributed by atoms with E-state index in [-0.39, 0.29) is 23.4 Å². The monoisotopic (exact) mass is 360 g/mol. The quantitative estimate of drug-likeness (QED) is 0.859. The van der Waals surface area contributed by atoms with Crippen molar-refractivity contribution in [2.24, 2.45) is 5.92 Å². The maximum Gasteiger partial charge on any atom is 0.265 e. The Kier molecular flexibility index (Phi) is 4.73. The molecule has 0 fully saturated rings. The zero-order chi connectivity index (χ0) is 18.2. The Morgan fingerprint density at radius 3 is 2.44 bits per heavy atom. The summed E-state index contributed by atoms with van der Waals surface area (Å²) >= 11 is 0. The van der Waals surface area contributed by atoms with E-state index in [0.717, 1.165) is 18.2 Å². The van der Waals surface area contributed by atoms with Crippen LogP contribution in [0.15, 0.2) is 41.3 Å². The van der Waals surface area contributed by atoms with E-state index >= 15 is 0 Å². The third-order valence-corrected chi connectivity index (χ3v) is 6.35. The highest BCUT2D eigenvalue weighted by molar-refractivity contribution is 7.93. The first-order chi connectivity index (χ1) is 11.8. The number of nitrogens with zero attached hydrogens (tertiary/aromatic N) is 1. The highest BCUT2D eigenvalue weighted by Gasteiger charge is 2.36. The second-order valence-corrected chi connectivity index (χ2v) is 8.91. The summed E-state index contributed by atoms with van der Waals surface area (Å²) in [5, 5.41) is 4.48. The first kappa shape index (κ1) is 17.7. The Morgan fingerprint density at radius 2 is 1.76 bits per heavy atom. The molecular weight excluding hydrogens is 336 g/mol. The van der Waals surface area contributed by atoms with Crippen molar-refractivity contribution in [3.63, 3.8) is 0 Å². The predicted octanol–water partition coefficient (Wildman–Crippen LogP) is 3.29. The van der Waals surface area contributed by atoms with E-state index in [1.54, 1.807) is 18.2 Å². The lowest BCUT2D eigenvalue weighted by Crippen LogP contribution is -2.42. The van der Waals surface area contributed by atoms with E-state index in [0.29, 0.717) is 17.0 Å². The molecule has 1 aliphatic rings. The molecule has 2 aromatic carbocycles. The second kappa shape index (κ2) is 6.67. The highest BCUT2D eigenvalue weighted by atomic mass is 32.2. The highest BCUT2D eigenvalue weighted by Crippen LogP contribution is 2.41. The fourth-order valence-electron chi connectivity index (χ4n) is 3.23. The molecule has 0 aliphatic carbocycles. The SMILES string of the molecule is CC(C)CCC(C)NC(=O)CN1c2cccc3cccc(c23)S1(=O)=O. The van der Waals surface area contributed by atoms with Crippen LogP contribution in [0.2, 0.25) is 0 Å². The molecule has 5 nitrogen and oxygen atoms in total. The topological polar surface area (TPSA) is 66.5 Å². The molecule has 1 aliphatic heterocycles. The summed E-state index contributed by atoms with van der Waals surface area (Å²) in [6, 6.07) is 10.7. The second-order valence-electron chi connectivity index (χ2n) is 7.08. The number of amides is 1. The Hall–Kier alpha value is -2.08. The summed E-state index contributed by atoms with van der Waals surface area (Å²) < 4.78 is 26.9. The Bertz CT molecular complexity index is 901. The number of rotatable bonds is 6. The van der Waals surface area contributed by atoms with Crippen molar-refractivity contribution in [1.29, 1.82) is 0 Å². The van der Waals surface area contributed by atoms with Gasteiger partial charge in [-0.3, -0.25) is 9.10 Å². The Labute approximate surface area is 149 Å². The van der Waals surface area contributed by atoms with Crippen molar-refractivity contribution in [2.75, 3.05) is 10.8 Å². The van der Waals surface area contributed by atoms with Gasteiger partial charge in [-0.15, -0.1) is 0 Å². The van der Waals surface area contributed by atoms with Gasteiger partial charge in [0.15, 0.2) is 0 Å². The third kappa shape index (κ3) is 3.35. The van der Waals surface area contributed by atoms with Gasteiger partial charge in [0, 0.05) is 11.4 Å². The summed E-state index contributed by atoms with van der Waals surface area (Å²) in [7, 11) is -3.68. The fraction of sp³-hybridized carbons (Fsp3) is 0.421. The minimum Gasteiger partial charge on any atom is -0.352 e. The summed E-state index contributed by atoms with van der Waals surface area (Å²) in [5.41, 5.74) is 0.582. The Balaban J connectivity index is 1.80. The fourth-order valence-corrected chi connectivity index (χ4v) is 4.90. The number of carbonyl (C=O) groups is 1. The summed E-state index contributed by atoms with van der Waals surface area (Å²) in [5.74, 6) is 0.301. The molecule has 0 spiro atoms. The average molecular weight is 360 g/mol. The summed E-state index contributed by atoms with van der Waals surface area (Å²) in [6.07, 6.45) is 1.90. The largest absolute Gasteiger partial charge is 0.352 e. The van der Waals surface area contributed by atoms with Gasteiger partial charge >= 0.3 is 0 Å². The van der Waals surface area contributed by atoms with Gasteiger partial charge in [0.2, 0.25) is 5.91 Å². The normalized spacial score (nSPS) is 16.4. The average Bonchev–Trinajstić information content (AvgIpc) is 2.77. The van der Waals surface area contributed by atoms with Gasteiger partial charge in [0.25, 0.3) is 10.0 Å². The van der Waals surface area contributed by atoms with Crippen molar-refractivity contribution >= 4 is 32.4 Å². The zero-order valence-corrected chi connectivity index (χ0v) is 15.6. The number of benzene rings is 2. The van der Waals surface area contributed by atoms with Crippen LogP contribution in [0.1, 0.15) is 33.6 Å². The zero-order valence-electron chi connectivity index (χ0n) is 14.8. The molecule has 6 heteroatoms. The Morgan fingerprint density at radius 1 is 1.08 bits per heavy atom. The van der Waals surface area contributed by atoms with Gasteiger partial charge in [-0.25, -0.2) is 8.42 Å². The van der Waals surface area contributed by atoms with Gasteiger partial charge < -0.3 is 5.32 Å². The van der Waals surface area contributed by atoms with Gasteiger partial charge in [-0.05, 0) is 43.2 Å². The standard InChI is InChI=1S/C19H24N2O3S/c1-13(2)10-11-14(3)20-18(22)12-21-16-8-4-6-15-7-5-9-17(19(15)16)25(21,23)24/h4-9,13-14H,10-12H2,1-3H3,(H,20,22). The van der Waals surface area contributed by atoms with Crippen molar-refractivity contribution < 1.29 is 13.2 Å². The van der Waals surface area contributed by atoms with Crippen molar-refractivity contribution in [3.8, 4) is 0 Å². The van der Waals surface area contributed by atoms with Crippen molar-refractivity contribution in [1.82, 2.24) is 5.32 Å². The molecule has 3 rings (SSSR count). The van der Waals surface area contributed by atoms with Crippen LogP contribution in [0.4, 0.5) is 5.69 Å². The molecule has 1 heterocycles. The van der Waals surface area contributed by atoms with Gasteiger partial charge in [-0.1, -0.05) is 38.1 Å². The van der Waals surface area contributed by atoms with E-state index < -0.39 is 10.0 Å². The lowest BCUT2D eigenvalue weighted by molar-refractivity contribution is -0.120. The van der Waals surface area contributed by atoms with Gasteiger partial charge in [-0.2, -0.15) is 0 Å². The van der Waals surface area contributed by atoms with Crippen molar-refractivity contribution in [3.05, 3.63) is 36.4 Å². The molecular formula is C19H24N2O3S. The van der Waals surface area contributed by atoms with Crippen LogP contribution < -0.4 is 9.62 Å². The molecule has 134 valence electrons. The number of sulfonamides is 1. The minimum absolute atomic E-state index is 0.0263. The van der Waals surface area contributed by atoms with Crippen LogP contribution in [-0.2, 0) is 14.8 Å². The molecule has 0 bridgehead atoms. The van der Waals surface area contributed by atoms with E-state index in [9.17, 15) is 13.2 Å². The van der Waals surface area contributed by atoms with Crippen LogP contribution in [0.3, 0.4) is 0 Å². The van der Waals surface area contributed by atoms with Crippen LogP contribution in [0, 0.1) is 5.92 Å². The third-order valence-electron chi connectivity index (χ3n) is 4.55. The molecule has 1 amide bonds. The smallest absolute Gasteiger partial charge is 0.265 e. The first-order valence-electron chi connectivity index (χ1n) is 8.64. The van der Waals surface area contributed by atoms with Gasteiger partial charge in [0.05, 0.1) is 10.6 Å². The maximum absolute atomic E-state index is 12.8. The number of carbonyl (C=O) groups excluding carboxylic acids is 1. The number of hydrogen-bond acceptors (Lipinski definition) is 3. The van der Waals surface area contributed by atoms with Crippen LogP contribution in [-0.4, -0.2) is 26.9 Å². The van der Waals surface area contributed by atoms with Crippen molar-refractivity contribution in [2.45, 2.75) is 44.6 Å². The van der Waals surface area contributed by atoms with Crippen LogP contribution >= 0.6 is 0 Å². The molecule has 1 atom stereocenters. The molecule has 0 radical (unpaired) electrons. The molecule has 2 aromatic rings. The lowest BCUT2D eigenvalue weighted by atomic mass is 10.0. The van der Waals surface area contributed by atoms with E-state index in [2.05, 4.69) is 19.2 Å². The van der Waals surface area contributed by atoms with Crippen LogP contribution in [0.5, 0.6) is 0 Å². The number of hydrogen-bond donors (Lipinski definition) is 1. The summed E-state index contributed by atoms with van der Waals surface area (Å²) in [6.45, 7) is 6.04. The molecule has 1 N–H and O–H groups in total. The lowest BCUT2D eigenvalue weighted by Gasteiger charge is -2.20. The predicted molar refractivity (Wildman–Crippen MR) is 100 cm³/mol. The molecule has 25 heavy (non-hydrogen) atoms. The molecule has 0 saturated heterocycles.